The first-order chi connectivity index (χ1) is 17.9. The number of benzene rings is 1. The maximum atomic E-state index is 12.8. The lowest BCUT2D eigenvalue weighted by Gasteiger charge is -2.57. The highest BCUT2D eigenvalue weighted by molar-refractivity contribution is 8.02. The Kier molecular flexibility index (Phi) is 6.59. The van der Waals surface area contributed by atoms with Crippen LogP contribution in [0.25, 0.3) is 0 Å². The topological polar surface area (TPSA) is 60.0 Å². The van der Waals surface area contributed by atoms with Gasteiger partial charge in [0.25, 0.3) is 5.91 Å². The van der Waals surface area contributed by atoms with Gasteiger partial charge >= 0.3 is 0 Å². The highest BCUT2D eigenvalue weighted by atomic mass is 32.2. The summed E-state index contributed by atoms with van der Waals surface area (Å²) in [6.45, 7) is 4.80. The van der Waals surface area contributed by atoms with Crippen molar-refractivity contribution in [2.75, 3.05) is 38.7 Å². The molecule has 37 heavy (non-hydrogen) atoms. The number of amides is 1. The van der Waals surface area contributed by atoms with Crippen LogP contribution in [0.3, 0.4) is 0 Å². The molecule has 2 unspecified atom stereocenters. The first-order valence-corrected chi connectivity index (χ1v) is 15.0. The predicted octanol–water partition coefficient (Wildman–Crippen LogP) is 4.10. The molecular formula is C29H33N5OS2. The average Bonchev–Trinajstić information content (AvgIpc) is 2.86. The van der Waals surface area contributed by atoms with Crippen LogP contribution in [0, 0.1) is 6.92 Å². The molecule has 1 spiro atoms. The summed E-state index contributed by atoms with van der Waals surface area (Å²) in [5, 5.41) is 6.81. The summed E-state index contributed by atoms with van der Waals surface area (Å²) in [5.74, 6) is 1.24. The molecule has 2 atom stereocenters. The standard InChI is InChI=1S/C29H33N5OS2/c1-19-7-8-20(13-26(19)36-3)28(35)31-16-22-14-25-21(15-30-22)9-10-24(33(25)2)23-5-4-6-27(32-23)34-17-29(18-34)11-12-37-29/h4-10,13-15,25,27,32H,11-12,16-18H2,1-3H3,(H,31,35). The zero-order valence-electron chi connectivity index (χ0n) is 21.5. The summed E-state index contributed by atoms with van der Waals surface area (Å²) >= 11 is 3.79. The van der Waals surface area contributed by atoms with Crippen molar-refractivity contribution in [2.45, 2.75) is 35.2 Å². The molecule has 0 aromatic heterocycles. The molecule has 8 heteroatoms. The molecule has 6 nitrogen and oxygen atoms in total. The number of carbonyl (C=O) groups excluding carboxylic acids is 1. The van der Waals surface area contributed by atoms with Crippen molar-refractivity contribution in [1.82, 2.24) is 20.4 Å². The molecule has 6 rings (SSSR count). The monoisotopic (exact) mass is 531 g/mol. The number of rotatable bonds is 6. The fourth-order valence-corrected chi connectivity index (χ4v) is 7.44. The smallest absolute Gasteiger partial charge is 0.251 e. The van der Waals surface area contributed by atoms with E-state index in [1.807, 2.05) is 30.7 Å². The molecule has 0 aliphatic carbocycles. The van der Waals surface area contributed by atoms with Gasteiger partial charge in [-0.2, -0.15) is 11.8 Å². The number of likely N-dealkylation sites (tertiary alicyclic amines) is 1. The van der Waals surface area contributed by atoms with Crippen molar-refractivity contribution in [3.63, 3.8) is 0 Å². The van der Waals surface area contributed by atoms with Gasteiger partial charge in [0, 0.05) is 41.6 Å². The largest absolute Gasteiger partial charge is 0.365 e. The molecule has 1 amide bonds. The summed E-state index contributed by atoms with van der Waals surface area (Å²) in [6, 6.07) is 5.92. The van der Waals surface area contributed by atoms with Crippen LogP contribution in [-0.2, 0) is 0 Å². The molecule has 0 bridgehead atoms. The third kappa shape index (κ3) is 4.71. The van der Waals surface area contributed by atoms with Crippen LogP contribution in [0.15, 0.2) is 87.2 Å². The van der Waals surface area contributed by atoms with Crippen molar-refractivity contribution in [3.05, 3.63) is 88.4 Å². The van der Waals surface area contributed by atoms with Gasteiger partial charge in [-0.15, -0.1) is 11.8 Å². The Morgan fingerprint density at radius 3 is 2.89 bits per heavy atom. The number of nitrogens with zero attached hydrogens (tertiary/aromatic N) is 3. The van der Waals surface area contributed by atoms with Crippen molar-refractivity contribution in [1.29, 1.82) is 0 Å². The number of allylic oxidation sites excluding steroid dienone is 4. The molecular weight excluding hydrogens is 498 g/mol. The fraction of sp³-hybridized carbons (Fsp3) is 0.379. The summed E-state index contributed by atoms with van der Waals surface area (Å²) in [7, 11) is 2.13. The van der Waals surface area contributed by atoms with Crippen LogP contribution in [0.2, 0.25) is 0 Å². The highest BCUT2D eigenvalue weighted by Gasteiger charge is 2.50. The van der Waals surface area contributed by atoms with E-state index in [1.54, 1.807) is 11.8 Å². The second-order valence-corrected chi connectivity index (χ2v) is 12.7. The Hall–Kier alpha value is -2.68. The molecule has 0 saturated carbocycles. The summed E-state index contributed by atoms with van der Waals surface area (Å²) in [6.07, 6.45) is 18.6. The Morgan fingerprint density at radius 2 is 2.14 bits per heavy atom. The molecule has 0 radical (unpaired) electrons. The zero-order chi connectivity index (χ0) is 25.6. The lowest BCUT2D eigenvalue weighted by atomic mass is 9.93. The van der Waals surface area contributed by atoms with Gasteiger partial charge in [0.2, 0.25) is 0 Å². The minimum absolute atomic E-state index is 0.0761. The number of aliphatic imine (C=N–C) groups is 1. The van der Waals surface area contributed by atoms with Crippen LogP contribution in [0.4, 0.5) is 0 Å². The van der Waals surface area contributed by atoms with Crippen LogP contribution in [0.1, 0.15) is 22.3 Å². The number of hydrogen-bond donors (Lipinski definition) is 2. The maximum absolute atomic E-state index is 12.8. The van der Waals surface area contributed by atoms with Gasteiger partial charge in [0.1, 0.15) is 0 Å². The number of thioether (sulfide) groups is 2. The zero-order valence-corrected chi connectivity index (χ0v) is 23.2. The maximum Gasteiger partial charge on any atom is 0.251 e. The van der Waals surface area contributed by atoms with E-state index in [1.165, 1.54) is 30.8 Å². The Balaban J connectivity index is 1.10. The normalized spacial score (nSPS) is 25.6. The van der Waals surface area contributed by atoms with Crippen molar-refractivity contribution in [3.8, 4) is 0 Å². The number of fused-ring (bicyclic) bond motifs is 1. The second-order valence-electron chi connectivity index (χ2n) is 10.3. The van der Waals surface area contributed by atoms with E-state index in [9.17, 15) is 4.79 Å². The van der Waals surface area contributed by atoms with Crippen molar-refractivity contribution >= 4 is 35.6 Å². The molecule has 192 valence electrons. The molecule has 2 fully saturated rings. The van der Waals surface area contributed by atoms with E-state index in [-0.39, 0.29) is 18.1 Å². The van der Waals surface area contributed by atoms with E-state index in [0.717, 1.165) is 27.6 Å². The Labute approximate surface area is 227 Å². The lowest BCUT2D eigenvalue weighted by molar-refractivity contribution is 0.0754. The quantitative estimate of drug-likeness (QED) is 0.539. The Bertz CT molecular complexity index is 1300. The summed E-state index contributed by atoms with van der Waals surface area (Å²) in [5.41, 5.74) is 6.19. The van der Waals surface area contributed by atoms with Gasteiger partial charge in [0.15, 0.2) is 0 Å². The number of hydrogen-bond acceptors (Lipinski definition) is 7. The molecule has 5 aliphatic heterocycles. The molecule has 1 aromatic rings. The minimum atomic E-state index is -0.0761. The summed E-state index contributed by atoms with van der Waals surface area (Å²) in [4.78, 5) is 23.4. The number of aryl methyl sites for hydroxylation is 1. The van der Waals surface area contributed by atoms with E-state index >= 15 is 0 Å². The second kappa shape index (κ2) is 9.89. The molecule has 1 aromatic carbocycles. The predicted molar refractivity (Wildman–Crippen MR) is 155 cm³/mol. The van der Waals surface area contributed by atoms with Crippen LogP contribution < -0.4 is 10.6 Å². The van der Waals surface area contributed by atoms with Crippen molar-refractivity contribution < 1.29 is 4.79 Å². The van der Waals surface area contributed by atoms with Crippen LogP contribution in [0.5, 0.6) is 0 Å². The highest BCUT2D eigenvalue weighted by Crippen LogP contribution is 2.48. The van der Waals surface area contributed by atoms with Gasteiger partial charge in [0.05, 0.1) is 35.8 Å². The van der Waals surface area contributed by atoms with E-state index < -0.39 is 0 Å². The number of dihydropyridines is 1. The van der Waals surface area contributed by atoms with Crippen molar-refractivity contribution in [2.24, 2.45) is 4.99 Å². The van der Waals surface area contributed by atoms with Gasteiger partial charge in [-0.25, -0.2) is 0 Å². The fourth-order valence-electron chi connectivity index (χ4n) is 5.51. The number of nitrogens with one attached hydrogen (secondary N) is 2. The first kappa shape index (κ1) is 24.6. The third-order valence-corrected chi connectivity index (χ3v) is 10.2. The van der Waals surface area contributed by atoms with Gasteiger partial charge in [-0.05, 0) is 72.9 Å². The van der Waals surface area contributed by atoms with Gasteiger partial charge in [-0.1, -0.05) is 18.2 Å². The number of likely N-dealkylation sites (N-methyl/N-ethyl adjacent to an activating group) is 1. The molecule has 2 saturated heterocycles. The number of carbonyl (C=O) groups is 1. The van der Waals surface area contributed by atoms with E-state index in [4.69, 9.17) is 0 Å². The first-order valence-electron chi connectivity index (χ1n) is 12.8. The molecule has 5 heterocycles. The van der Waals surface area contributed by atoms with E-state index in [2.05, 4.69) is 87.6 Å². The van der Waals surface area contributed by atoms with Crippen LogP contribution in [-0.4, -0.2) is 77.6 Å². The molecule has 2 N–H and O–H groups in total. The Morgan fingerprint density at radius 1 is 1.30 bits per heavy atom. The van der Waals surface area contributed by atoms with Gasteiger partial charge < -0.3 is 15.5 Å². The van der Waals surface area contributed by atoms with Crippen LogP contribution >= 0.6 is 23.5 Å². The lowest BCUT2D eigenvalue weighted by Crippen LogP contribution is -2.68. The SMILES string of the molecule is CSc1cc(C(=O)NCC2=CC3C(=CC=C(C4=CC=CC(N5CC6(CCS6)C5)N4)N3C)C=N2)ccc1C. The van der Waals surface area contributed by atoms with Gasteiger partial charge in [-0.3, -0.25) is 14.7 Å². The average molecular weight is 532 g/mol. The third-order valence-electron chi connectivity index (χ3n) is 7.88. The molecule has 5 aliphatic rings. The van der Waals surface area contributed by atoms with E-state index in [0.29, 0.717) is 16.9 Å². The minimum Gasteiger partial charge on any atom is -0.365 e. The summed E-state index contributed by atoms with van der Waals surface area (Å²) < 4.78 is 0.532.